The number of carbonyl (C=O) groups excluding carboxylic acids is 2. The van der Waals surface area contributed by atoms with Gasteiger partial charge in [0.05, 0.1) is 10.6 Å². The minimum Gasteiger partial charge on any atom is -0.322 e. The van der Waals surface area contributed by atoms with Crippen LogP contribution in [0, 0.1) is 15.9 Å². The molecule has 1 unspecified atom stereocenters. The van der Waals surface area contributed by atoms with E-state index in [0.29, 0.717) is 15.1 Å². The number of hydrogen-bond acceptors (Lipinski definition) is 5. The summed E-state index contributed by atoms with van der Waals surface area (Å²) in [4.78, 5) is 36.9. The highest BCUT2D eigenvalue weighted by atomic mass is 79.9. The SMILES string of the molecule is O=C(Nc1cccc(SC(C(=O)Nc2ccc(Br)cc2F)c2ccccc2)c1)c1ccc([N+](=O)[O-])cc1. The molecule has 0 saturated heterocycles. The molecule has 0 saturated carbocycles. The van der Waals surface area contributed by atoms with Gasteiger partial charge in [-0.1, -0.05) is 52.3 Å². The number of hydrogen-bond donors (Lipinski definition) is 2. The van der Waals surface area contributed by atoms with Crippen molar-refractivity contribution in [2.45, 2.75) is 10.1 Å². The van der Waals surface area contributed by atoms with E-state index in [1.807, 2.05) is 30.3 Å². The fourth-order valence-electron chi connectivity index (χ4n) is 3.41. The van der Waals surface area contributed by atoms with E-state index in [1.54, 1.807) is 30.3 Å². The van der Waals surface area contributed by atoms with Crippen molar-refractivity contribution < 1.29 is 18.9 Å². The van der Waals surface area contributed by atoms with Crippen molar-refractivity contribution in [2.24, 2.45) is 0 Å². The zero-order valence-electron chi connectivity index (χ0n) is 19.1. The van der Waals surface area contributed by atoms with Crippen LogP contribution in [0.15, 0.2) is 106 Å². The third kappa shape index (κ3) is 6.81. The molecule has 4 aromatic rings. The van der Waals surface area contributed by atoms with Crippen molar-refractivity contribution in [1.29, 1.82) is 0 Å². The van der Waals surface area contributed by atoms with E-state index in [2.05, 4.69) is 26.6 Å². The van der Waals surface area contributed by atoms with Crippen LogP contribution in [0.4, 0.5) is 21.5 Å². The molecule has 186 valence electrons. The molecule has 0 aliphatic heterocycles. The fraction of sp³-hybridized carbons (Fsp3) is 0.0370. The van der Waals surface area contributed by atoms with E-state index in [4.69, 9.17) is 0 Å². The van der Waals surface area contributed by atoms with Gasteiger partial charge < -0.3 is 10.6 Å². The maximum atomic E-state index is 14.4. The van der Waals surface area contributed by atoms with Crippen LogP contribution in [0.5, 0.6) is 0 Å². The Morgan fingerprint density at radius 1 is 0.892 bits per heavy atom. The summed E-state index contributed by atoms with van der Waals surface area (Å²) in [7, 11) is 0. The molecule has 0 radical (unpaired) electrons. The number of halogens is 2. The predicted molar refractivity (Wildman–Crippen MR) is 145 cm³/mol. The lowest BCUT2D eigenvalue weighted by Crippen LogP contribution is -2.19. The number of rotatable bonds is 8. The highest BCUT2D eigenvalue weighted by Crippen LogP contribution is 2.37. The average molecular weight is 580 g/mol. The van der Waals surface area contributed by atoms with Gasteiger partial charge in [0.25, 0.3) is 11.6 Å². The summed E-state index contributed by atoms with van der Waals surface area (Å²) >= 11 is 4.46. The van der Waals surface area contributed by atoms with Crippen molar-refractivity contribution in [3.8, 4) is 0 Å². The Bertz CT molecular complexity index is 1450. The van der Waals surface area contributed by atoms with Crippen molar-refractivity contribution >= 4 is 56.6 Å². The monoisotopic (exact) mass is 579 g/mol. The third-order valence-corrected chi connectivity index (χ3v) is 6.96. The van der Waals surface area contributed by atoms with E-state index in [1.165, 1.54) is 48.2 Å². The molecule has 37 heavy (non-hydrogen) atoms. The summed E-state index contributed by atoms with van der Waals surface area (Å²) in [6.07, 6.45) is 0. The molecule has 0 aliphatic rings. The molecule has 0 aromatic heterocycles. The summed E-state index contributed by atoms with van der Waals surface area (Å²) in [5.74, 6) is -1.40. The van der Waals surface area contributed by atoms with Crippen LogP contribution in [0.1, 0.15) is 21.2 Å². The van der Waals surface area contributed by atoms with Crippen molar-refractivity contribution in [2.75, 3.05) is 10.6 Å². The molecule has 2 amide bonds. The number of non-ortho nitro benzene ring substituents is 1. The number of carbonyl (C=O) groups is 2. The van der Waals surface area contributed by atoms with Gasteiger partial charge >= 0.3 is 0 Å². The van der Waals surface area contributed by atoms with Gasteiger partial charge in [-0.05, 0) is 54.1 Å². The highest BCUT2D eigenvalue weighted by Gasteiger charge is 2.23. The number of nitro groups is 1. The Kier molecular flexibility index (Phi) is 8.32. The van der Waals surface area contributed by atoms with Gasteiger partial charge in [-0.25, -0.2) is 4.39 Å². The van der Waals surface area contributed by atoms with Gasteiger partial charge in [-0.2, -0.15) is 0 Å². The molecule has 1 atom stereocenters. The van der Waals surface area contributed by atoms with Crippen LogP contribution in [0.2, 0.25) is 0 Å². The standard InChI is InChI=1S/C27H19BrFN3O4S/c28-19-11-14-24(23(29)15-19)31-27(34)25(17-5-2-1-3-6-17)37-22-8-4-7-20(16-22)30-26(33)18-9-12-21(13-10-18)32(35)36/h1-16,25H,(H,30,33)(H,31,34). The number of anilines is 2. The van der Waals surface area contributed by atoms with E-state index in [9.17, 15) is 24.1 Å². The zero-order chi connectivity index (χ0) is 26.4. The highest BCUT2D eigenvalue weighted by molar-refractivity contribution is 9.10. The van der Waals surface area contributed by atoms with Gasteiger partial charge in [0.2, 0.25) is 5.91 Å². The first-order valence-corrected chi connectivity index (χ1v) is 12.6. The molecule has 0 heterocycles. The van der Waals surface area contributed by atoms with Gasteiger partial charge in [-0.3, -0.25) is 19.7 Å². The number of nitrogens with zero attached hydrogens (tertiary/aromatic N) is 1. The number of nitro benzene ring substituents is 1. The molecule has 7 nitrogen and oxygen atoms in total. The lowest BCUT2D eigenvalue weighted by atomic mass is 10.1. The maximum absolute atomic E-state index is 14.4. The summed E-state index contributed by atoms with van der Waals surface area (Å²) in [6, 6.07) is 25.7. The fourth-order valence-corrected chi connectivity index (χ4v) is 4.83. The largest absolute Gasteiger partial charge is 0.322 e. The molecule has 2 N–H and O–H groups in total. The maximum Gasteiger partial charge on any atom is 0.269 e. The first-order chi connectivity index (χ1) is 17.8. The zero-order valence-corrected chi connectivity index (χ0v) is 21.5. The molecule has 10 heteroatoms. The lowest BCUT2D eigenvalue weighted by molar-refractivity contribution is -0.384. The summed E-state index contributed by atoms with van der Waals surface area (Å²) in [6.45, 7) is 0. The molecule has 4 aromatic carbocycles. The summed E-state index contributed by atoms with van der Waals surface area (Å²) in [5.41, 5.74) is 1.44. The molecule has 0 bridgehead atoms. The average Bonchev–Trinajstić information content (AvgIpc) is 2.89. The molecular formula is C27H19BrFN3O4S. The Hall–Kier alpha value is -4.02. The van der Waals surface area contributed by atoms with Crippen molar-refractivity contribution in [3.63, 3.8) is 0 Å². The predicted octanol–water partition coefficient (Wildman–Crippen LogP) is 7.22. The van der Waals surface area contributed by atoms with Gasteiger partial charge in [-0.15, -0.1) is 11.8 Å². The second-order valence-electron chi connectivity index (χ2n) is 7.81. The normalized spacial score (nSPS) is 11.4. The number of benzene rings is 4. The molecule has 4 rings (SSSR count). The quantitative estimate of drug-likeness (QED) is 0.130. The number of nitrogens with one attached hydrogen (secondary N) is 2. The summed E-state index contributed by atoms with van der Waals surface area (Å²) in [5, 5.41) is 15.6. The first kappa shape index (κ1) is 26.1. The smallest absolute Gasteiger partial charge is 0.269 e. The Morgan fingerprint density at radius 3 is 2.30 bits per heavy atom. The first-order valence-electron chi connectivity index (χ1n) is 10.9. The molecule has 0 aliphatic carbocycles. The number of amides is 2. The Labute approximate surface area is 224 Å². The van der Waals surface area contributed by atoms with Crippen LogP contribution < -0.4 is 10.6 Å². The second-order valence-corrected chi connectivity index (χ2v) is 9.90. The van der Waals surface area contributed by atoms with Gasteiger partial charge in [0.1, 0.15) is 11.1 Å². The lowest BCUT2D eigenvalue weighted by Gasteiger charge is -2.18. The van der Waals surface area contributed by atoms with Crippen LogP contribution in [0.3, 0.4) is 0 Å². The van der Waals surface area contributed by atoms with E-state index in [-0.39, 0.29) is 16.9 Å². The van der Waals surface area contributed by atoms with E-state index in [0.717, 1.165) is 5.56 Å². The van der Waals surface area contributed by atoms with Crippen LogP contribution >= 0.6 is 27.7 Å². The van der Waals surface area contributed by atoms with Gasteiger partial charge in [0, 0.05) is 32.8 Å². The second kappa shape index (κ2) is 11.8. The third-order valence-electron chi connectivity index (χ3n) is 5.22. The van der Waals surface area contributed by atoms with E-state index >= 15 is 0 Å². The van der Waals surface area contributed by atoms with E-state index < -0.39 is 27.8 Å². The minimum absolute atomic E-state index is 0.0684. The minimum atomic E-state index is -0.704. The molecular weight excluding hydrogens is 561 g/mol. The van der Waals surface area contributed by atoms with Crippen LogP contribution in [-0.2, 0) is 4.79 Å². The Balaban J connectivity index is 1.53. The van der Waals surface area contributed by atoms with Crippen LogP contribution in [-0.4, -0.2) is 16.7 Å². The van der Waals surface area contributed by atoms with Crippen molar-refractivity contribution in [1.82, 2.24) is 0 Å². The van der Waals surface area contributed by atoms with Crippen LogP contribution in [0.25, 0.3) is 0 Å². The van der Waals surface area contributed by atoms with Gasteiger partial charge in [0.15, 0.2) is 0 Å². The summed E-state index contributed by atoms with van der Waals surface area (Å²) < 4.78 is 14.9. The Morgan fingerprint density at radius 2 is 1.62 bits per heavy atom. The number of thioether (sulfide) groups is 1. The topological polar surface area (TPSA) is 101 Å². The van der Waals surface area contributed by atoms with Crippen molar-refractivity contribution in [3.05, 3.63) is 129 Å². The molecule has 0 fully saturated rings. The molecule has 0 spiro atoms.